The number of methoxy groups -OCH3 is 2. The molecule has 0 spiro atoms. The van der Waals surface area contributed by atoms with Crippen LogP contribution in [0.2, 0.25) is 0 Å². The van der Waals surface area contributed by atoms with Gasteiger partial charge in [-0.3, -0.25) is 9.69 Å². The van der Waals surface area contributed by atoms with Gasteiger partial charge in [0.15, 0.2) is 0 Å². The molecule has 4 atom stereocenters. The molecule has 2 bridgehead atoms. The first-order valence-corrected chi connectivity index (χ1v) is 8.16. The van der Waals surface area contributed by atoms with Crippen molar-refractivity contribution >= 4 is 5.97 Å². The van der Waals surface area contributed by atoms with E-state index in [1.54, 1.807) is 7.11 Å². The quantitative estimate of drug-likeness (QED) is 0.632. The lowest BCUT2D eigenvalue weighted by molar-refractivity contribution is -0.151. The number of hydrogen-bond acceptors (Lipinski definition) is 4. The van der Waals surface area contributed by atoms with Gasteiger partial charge in [0.05, 0.1) is 20.1 Å². The van der Waals surface area contributed by atoms with E-state index in [0.29, 0.717) is 12.0 Å². The van der Waals surface area contributed by atoms with E-state index in [0.717, 1.165) is 18.6 Å². The highest BCUT2D eigenvalue weighted by atomic mass is 16.5. The Bertz CT molecular complexity index is 608. The highest BCUT2D eigenvalue weighted by Gasteiger charge is 2.47. The Morgan fingerprint density at radius 2 is 1.96 bits per heavy atom. The molecule has 1 aromatic carbocycles. The van der Waals surface area contributed by atoms with E-state index >= 15 is 0 Å². The molecule has 4 unspecified atom stereocenters. The SMILES string of the molecule is COC(=O)C1CC2C(C)=CC1N(C)C2Cc1ccc(OC)cc1. The predicted molar refractivity (Wildman–Crippen MR) is 89.4 cm³/mol. The molecule has 1 aliphatic carbocycles. The number of nitrogens with zero attached hydrogens (tertiary/aromatic N) is 1. The summed E-state index contributed by atoms with van der Waals surface area (Å²) in [5.74, 6) is 1.18. The van der Waals surface area contributed by atoms with Crippen LogP contribution in [0, 0.1) is 11.8 Å². The summed E-state index contributed by atoms with van der Waals surface area (Å²) in [5.41, 5.74) is 2.71. The van der Waals surface area contributed by atoms with Gasteiger partial charge in [0.25, 0.3) is 0 Å². The topological polar surface area (TPSA) is 38.8 Å². The van der Waals surface area contributed by atoms with Crippen LogP contribution in [0.4, 0.5) is 0 Å². The summed E-state index contributed by atoms with van der Waals surface area (Å²) in [4.78, 5) is 14.4. The average Bonchev–Trinajstić information content (AvgIpc) is 2.58. The van der Waals surface area contributed by atoms with Crippen molar-refractivity contribution in [2.75, 3.05) is 21.3 Å². The lowest BCUT2D eigenvalue weighted by atomic mass is 9.68. The standard InChI is InChI=1S/C19H25NO3/c1-12-9-17-16(19(21)23-4)11-15(12)18(20(17)2)10-13-5-7-14(22-3)8-6-13/h5-9,15-18H,10-11H2,1-4H3. The molecule has 3 aliphatic rings. The summed E-state index contributed by atoms with van der Waals surface area (Å²) < 4.78 is 10.2. The summed E-state index contributed by atoms with van der Waals surface area (Å²) in [5, 5.41) is 0. The molecule has 0 N–H and O–H groups in total. The van der Waals surface area contributed by atoms with Gasteiger partial charge in [-0.15, -0.1) is 0 Å². The van der Waals surface area contributed by atoms with Crippen molar-refractivity contribution in [3.63, 3.8) is 0 Å². The molecule has 0 aromatic heterocycles. The fraction of sp³-hybridized carbons (Fsp3) is 0.526. The largest absolute Gasteiger partial charge is 0.497 e. The third-order valence-electron chi connectivity index (χ3n) is 5.50. The lowest BCUT2D eigenvalue weighted by Gasteiger charge is -2.51. The minimum Gasteiger partial charge on any atom is -0.497 e. The molecular formula is C19H25NO3. The van der Waals surface area contributed by atoms with Gasteiger partial charge in [-0.25, -0.2) is 0 Å². The number of carbonyl (C=O) groups is 1. The van der Waals surface area contributed by atoms with E-state index in [4.69, 9.17) is 9.47 Å². The van der Waals surface area contributed by atoms with E-state index in [1.165, 1.54) is 18.2 Å². The Labute approximate surface area is 138 Å². The van der Waals surface area contributed by atoms with Gasteiger partial charge in [0.2, 0.25) is 0 Å². The Kier molecular flexibility index (Phi) is 4.44. The van der Waals surface area contributed by atoms with Gasteiger partial charge in [-0.2, -0.15) is 0 Å². The third kappa shape index (κ3) is 2.88. The van der Waals surface area contributed by atoms with Crippen LogP contribution < -0.4 is 4.74 Å². The molecule has 1 aromatic rings. The highest BCUT2D eigenvalue weighted by molar-refractivity contribution is 5.74. The number of likely N-dealkylation sites (N-methyl/N-ethyl adjacent to an activating group) is 1. The van der Waals surface area contributed by atoms with Crippen molar-refractivity contribution in [2.45, 2.75) is 31.8 Å². The number of rotatable bonds is 4. The summed E-state index contributed by atoms with van der Waals surface area (Å²) in [7, 11) is 5.30. The molecule has 0 radical (unpaired) electrons. The number of ether oxygens (including phenoxy) is 2. The Balaban J connectivity index is 1.79. The fourth-order valence-corrected chi connectivity index (χ4v) is 4.15. The average molecular weight is 315 g/mol. The zero-order valence-corrected chi connectivity index (χ0v) is 14.3. The second-order valence-corrected chi connectivity index (χ2v) is 6.66. The van der Waals surface area contributed by atoms with Gasteiger partial charge in [-0.1, -0.05) is 23.8 Å². The molecule has 1 fully saturated rings. The van der Waals surface area contributed by atoms with E-state index in [9.17, 15) is 4.79 Å². The maximum absolute atomic E-state index is 12.1. The summed E-state index contributed by atoms with van der Waals surface area (Å²) >= 11 is 0. The molecule has 2 aliphatic heterocycles. The second-order valence-electron chi connectivity index (χ2n) is 6.66. The van der Waals surface area contributed by atoms with E-state index in [1.807, 2.05) is 12.1 Å². The van der Waals surface area contributed by atoms with Gasteiger partial charge in [0.1, 0.15) is 5.75 Å². The Hall–Kier alpha value is -1.81. The van der Waals surface area contributed by atoms with Crippen molar-refractivity contribution in [2.24, 2.45) is 11.8 Å². The first kappa shape index (κ1) is 16.1. The first-order chi connectivity index (χ1) is 11.0. The molecular weight excluding hydrogens is 290 g/mol. The highest BCUT2D eigenvalue weighted by Crippen LogP contribution is 2.43. The van der Waals surface area contributed by atoms with Crippen molar-refractivity contribution < 1.29 is 14.3 Å². The lowest BCUT2D eigenvalue weighted by Crippen LogP contribution is -2.58. The van der Waals surface area contributed by atoms with Crippen LogP contribution in [0.25, 0.3) is 0 Å². The van der Waals surface area contributed by atoms with Crippen molar-refractivity contribution in [1.29, 1.82) is 0 Å². The maximum atomic E-state index is 12.1. The minimum absolute atomic E-state index is 0.0363. The van der Waals surface area contributed by atoms with Crippen LogP contribution >= 0.6 is 0 Å². The van der Waals surface area contributed by atoms with Gasteiger partial charge in [0, 0.05) is 12.1 Å². The maximum Gasteiger partial charge on any atom is 0.310 e. The van der Waals surface area contributed by atoms with E-state index in [-0.39, 0.29) is 17.9 Å². The number of fused-ring (bicyclic) bond motifs is 2. The molecule has 23 heavy (non-hydrogen) atoms. The van der Waals surface area contributed by atoms with Crippen LogP contribution in [-0.4, -0.2) is 44.2 Å². The monoisotopic (exact) mass is 315 g/mol. The molecule has 2 heterocycles. The molecule has 124 valence electrons. The molecule has 4 rings (SSSR count). The number of esters is 1. The van der Waals surface area contributed by atoms with Crippen LogP contribution in [0.3, 0.4) is 0 Å². The normalized spacial score (nSPS) is 30.0. The van der Waals surface area contributed by atoms with Crippen LogP contribution in [0.5, 0.6) is 5.75 Å². The molecule has 0 saturated carbocycles. The smallest absolute Gasteiger partial charge is 0.310 e. The minimum atomic E-state index is -0.0847. The number of hydrogen-bond donors (Lipinski definition) is 0. The van der Waals surface area contributed by atoms with Crippen LogP contribution in [0.1, 0.15) is 18.9 Å². The van der Waals surface area contributed by atoms with Gasteiger partial charge in [-0.05, 0) is 50.4 Å². The molecule has 1 saturated heterocycles. The van der Waals surface area contributed by atoms with Crippen molar-refractivity contribution in [1.82, 2.24) is 4.90 Å². The zero-order chi connectivity index (χ0) is 16.6. The molecule has 4 heteroatoms. The van der Waals surface area contributed by atoms with E-state index < -0.39 is 0 Å². The number of piperidine rings is 1. The summed E-state index contributed by atoms with van der Waals surface area (Å²) in [6.07, 6.45) is 4.13. The van der Waals surface area contributed by atoms with E-state index in [2.05, 4.69) is 37.1 Å². The summed E-state index contributed by atoms with van der Waals surface area (Å²) in [6.45, 7) is 2.19. The number of carbonyl (C=O) groups excluding carboxylic acids is 1. The summed E-state index contributed by atoms with van der Waals surface area (Å²) in [6, 6.07) is 8.86. The first-order valence-electron chi connectivity index (χ1n) is 8.16. The predicted octanol–water partition coefficient (Wildman–Crippen LogP) is 2.68. The Morgan fingerprint density at radius 1 is 1.26 bits per heavy atom. The van der Waals surface area contributed by atoms with Gasteiger partial charge >= 0.3 is 5.97 Å². The zero-order valence-electron chi connectivity index (χ0n) is 14.3. The number of benzene rings is 1. The second kappa shape index (κ2) is 6.36. The fourth-order valence-electron chi connectivity index (χ4n) is 4.15. The third-order valence-corrected chi connectivity index (χ3v) is 5.50. The van der Waals surface area contributed by atoms with Crippen molar-refractivity contribution in [3.8, 4) is 5.75 Å². The molecule has 0 amide bonds. The van der Waals surface area contributed by atoms with Crippen LogP contribution in [0.15, 0.2) is 35.9 Å². The Morgan fingerprint density at radius 3 is 2.57 bits per heavy atom. The van der Waals surface area contributed by atoms with Crippen LogP contribution in [-0.2, 0) is 16.0 Å². The van der Waals surface area contributed by atoms with Crippen molar-refractivity contribution in [3.05, 3.63) is 41.5 Å². The van der Waals surface area contributed by atoms with Gasteiger partial charge < -0.3 is 9.47 Å². The molecule has 4 nitrogen and oxygen atoms in total.